The fourth-order valence-corrected chi connectivity index (χ4v) is 16.7. The zero-order valence-corrected chi connectivity index (χ0v) is 24.8. The van der Waals surface area contributed by atoms with Crippen LogP contribution < -0.4 is 0 Å². The monoisotopic (exact) mass is 631 g/mol. The van der Waals surface area contributed by atoms with Gasteiger partial charge in [0.1, 0.15) is 0 Å². The first kappa shape index (κ1) is 22.3. The molecule has 3 aliphatic rings. The Morgan fingerprint density at radius 1 is 0.871 bits per heavy atom. The van der Waals surface area contributed by atoms with E-state index >= 15 is 0 Å². The van der Waals surface area contributed by atoms with Gasteiger partial charge in [0, 0.05) is 0 Å². The number of fused-ring (bicyclic) bond motifs is 3. The molecule has 0 fully saturated rings. The molecule has 0 N–H and O–H groups in total. The van der Waals surface area contributed by atoms with E-state index in [9.17, 15) is 0 Å². The predicted molar refractivity (Wildman–Crippen MR) is 134 cm³/mol. The molecule has 2 aromatic carbocycles. The molecular formula is C27H29Cl2HfSi. The third-order valence-electron chi connectivity index (χ3n) is 7.67. The third-order valence-corrected chi connectivity index (χ3v) is 17.6. The number of benzene rings is 2. The summed E-state index contributed by atoms with van der Waals surface area (Å²) in [7, 11) is 13.3. The van der Waals surface area contributed by atoms with Crippen molar-refractivity contribution in [3.63, 3.8) is 0 Å². The minimum atomic E-state index is -2.69. The van der Waals surface area contributed by atoms with Crippen LogP contribution in [0.5, 0.6) is 0 Å². The van der Waals surface area contributed by atoms with Gasteiger partial charge in [-0.05, 0) is 0 Å². The first-order chi connectivity index (χ1) is 14.9. The van der Waals surface area contributed by atoms with Gasteiger partial charge in [-0.1, -0.05) is 0 Å². The van der Waals surface area contributed by atoms with Gasteiger partial charge in [0.15, 0.2) is 0 Å². The number of hydrogen-bond donors (Lipinski definition) is 0. The van der Waals surface area contributed by atoms with E-state index in [1.165, 1.54) is 47.1 Å². The van der Waals surface area contributed by atoms with Crippen LogP contribution in [0.3, 0.4) is 0 Å². The van der Waals surface area contributed by atoms with Crippen molar-refractivity contribution >= 4 is 30.7 Å². The van der Waals surface area contributed by atoms with Crippen molar-refractivity contribution in [1.29, 1.82) is 0 Å². The fraction of sp³-hybridized carbons (Fsp3) is 0.370. The van der Waals surface area contributed by atoms with Gasteiger partial charge in [-0.25, -0.2) is 0 Å². The van der Waals surface area contributed by atoms with E-state index in [4.69, 9.17) is 17.2 Å². The van der Waals surface area contributed by atoms with Crippen molar-refractivity contribution in [3.8, 4) is 11.1 Å². The van der Waals surface area contributed by atoms with Crippen LogP contribution in [0.25, 0.3) is 11.1 Å². The van der Waals surface area contributed by atoms with Gasteiger partial charge in [0.05, 0.1) is 0 Å². The van der Waals surface area contributed by atoms with Gasteiger partial charge >= 0.3 is 205 Å². The fourth-order valence-electron chi connectivity index (χ4n) is 6.44. The maximum absolute atomic E-state index is 6.88. The molecule has 0 aliphatic heterocycles. The number of halogens is 2. The summed E-state index contributed by atoms with van der Waals surface area (Å²) in [5.41, 5.74) is 12.0. The SMILES string of the molecule is CC1=C(C2c3ccccc3-c3ccccc32)C2=C(CCCC(=[Si](C)C)C2C)[CH]1[Hf]([Cl])[Cl]. The van der Waals surface area contributed by atoms with Crippen molar-refractivity contribution < 1.29 is 19.1 Å². The molecule has 2 aromatic rings. The molecule has 0 radical (unpaired) electrons. The molecule has 0 heterocycles. The van der Waals surface area contributed by atoms with Crippen LogP contribution in [0.4, 0.5) is 0 Å². The average molecular weight is 631 g/mol. The summed E-state index contributed by atoms with van der Waals surface area (Å²) >= 11 is -2.69. The molecule has 0 spiro atoms. The Bertz CT molecular complexity index is 1110. The van der Waals surface area contributed by atoms with E-state index in [0.29, 0.717) is 15.5 Å². The predicted octanol–water partition coefficient (Wildman–Crippen LogP) is 8.47. The van der Waals surface area contributed by atoms with E-state index in [2.05, 4.69) is 75.5 Å². The number of hydrogen-bond acceptors (Lipinski definition) is 0. The summed E-state index contributed by atoms with van der Waals surface area (Å²) in [6, 6.07) is 18.0. The second-order valence-electron chi connectivity index (χ2n) is 9.47. The van der Waals surface area contributed by atoms with Gasteiger partial charge < -0.3 is 0 Å². The number of rotatable bonds is 2. The van der Waals surface area contributed by atoms with Crippen LogP contribution in [0.1, 0.15) is 50.2 Å². The second-order valence-corrected chi connectivity index (χ2v) is 24.5. The molecule has 31 heavy (non-hydrogen) atoms. The Labute approximate surface area is 203 Å². The van der Waals surface area contributed by atoms with Crippen LogP contribution in [0.15, 0.2) is 70.8 Å². The third kappa shape index (κ3) is 3.52. The summed E-state index contributed by atoms with van der Waals surface area (Å²) in [5, 5.41) is 1.80. The molecule has 2 unspecified atom stereocenters. The molecule has 5 rings (SSSR count). The van der Waals surface area contributed by atoms with Gasteiger partial charge in [-0.15, -0.1) is 0 Å². The van der Waals surface area contributed by atoms with Crippen molar-refractivity contribution in [2.45, 2.75) is 55.8 Å². The van der Waals surface area contributed by atoms with Gasteiger partial charge in [-0.3, -0.25) is 0 Å². The standard InChI is InChI=1S/C27H29Si.2ClH.Hf/c1-17-16-19-10-9-15-24(28(3)4)18(2)26(19)25(17)27-22-13-7-5-11-20(22)21-12-6-8-14-23(21)27;;;/h5-8,11-14,16,18,27H,9-10,15H2,1-4H3;2*1H;/q;;;+2/p-2. The minimum absolute atomic E-state index is 0.312. The molecule has 0 nitrogen and oxygen atoms in total. The van der Waals surface area contributed by atoms with Gasteiger partial charge in [0.2, 0.25) is 0 Å². The molecule has 2 atom stereocenters. The Morgan fingerprint density at radius 3 is 2.00 bits per heavy atom. The molecule has 4 heteroatoms. The zero-order valence-electron chi connectivity index (χ0n) is 18.7. The first-order valence-electron chi connectivity index (χ1n) is 11.4. The van der Waals surface area contributed by atoms with Crippen LogP contribution in [0, 0.1) is 5.92 Å². The Morgan fingerprint density at radius 2 is 1.45 bits per heavy atom. The van der Waals surface area contributed by atoms with Crippen LogP contribution in [0.2, 0.25) is 16.8 Å². The maximum atomic E-state index is 6.88. The summed E-state index contributed by atoms with van der Waals surface area (Å²) in [5.74, 6) is 0.836. The Balaban J connectivity index is 1.78. The molecule has 0 amide bonds. The van der Waals surface area contributed by atoms with E-state index in [-0.39, 0.29) is 0 Å². The van der Waals surface area contributed by atoms with E-state index in [0.717, 1.165) is 0 Å². The van der Waals surface area contributed by atoms with E-state index in [1.54, 1.807) is 21.9 Å². The van der Waals surface area contributed by atoms with Crippen LogP contribution >= 0.6 is 17.2 Å². The zero-order chi connectivity index (χ0) is 21.9. The summed E-state index contributed by atoms with van der Waals surface area (Å²) in [6.45, 7) is 9.76. The van der Waals surface area contributed by atoms with Gasteiger partial charge in [0.25, 0.3) is 0 Å². The van der Waals surface area contributed by atoms with Gasteiger partial charge in [-0.2, -0.15) is 0 Å². The second kappa shape index (κ2) is 8.67. The topological polar surface area (TPSA) is 0 Å². The molecule has 0 saturated carbocycles. The first-order valence-corrected chi connectivity index (χ1v) is 24.9. The van der Waals surface area contributed by atoms with Crippen LogP contribution in [-0.2, 0) is 19.1 Å². The van der Waals surface area contributed by atoms with Crippen molar-refractivity contribution in [3.05, 3.63) is 82.0 Å². The number of allylic oxidation sites excluding steroid dienone is 4. The molecule has 3 aliphatic carbocycles. The average Bonchev–Trinajstić information content (AvgIpc) is 3.15. The molecule has 0 aromatic heterocycles. The van der Waals surface area contributed by atoms with Crippen molar-refractivity contribution in [1.82, 2.24) is 0 Å². The van der Waals surface area contributed by atoms with Crippen molar-refractivity contribution in [2.24, 2.45) is 5.92 Å². The summed E-state index contributed by atoms with van der Waals surface area (Å²) in [6.07, 6.45) is 3.71. The summed E-state index contributed by atoms with van der Waals surface area (Å²) in [4.78, 5) is 0. The van der Waals surface area contributed by atoms with E-state index < -0.39 is 27.5 Å². The van der Waals surface area contributed by atoms with Crippen LogP contribution in [-0.4, -0.2) is 13.6 Å². The Hall–Kier alpha value is -0.543. The van der Waals surface area contributed by atoms with E-state index in [1.807, 2.05) is 0 Å². The Kier molecular flexibility index (Phi) is 6.22. The summed E-state index contributed by atoms with van der Waals surface area (Å²) < 4.78 is 0.365. The van der Waals surface area contributed by atoms with Crippen molar-refractivity contribution in [2.75, 3.05) is 0 Å². The molecular weight excluding hydrogens is 602 g/mol. The molecule has 0 saturated heterocycles. The molecule has 159 valence electrons. The quantitative estimate of drug-likeness (QED) is 0.292. The normalized spacial score (nSPS) is 23.0. The molecule has 0 bridgehead atoms.